The molecule has 136 valence electrons. The molecule has 3 rings (SSSR count). The molecule has 1 aromatic carbocycles. The zero-order valence-corrected chi connectivity index (χ0v) is 16.6. The molecular formula is C19H21N3O2S2. The first kappa shape index (κ1) is 18.7. The molecule has 2 aromatic heterocycles. The number of thiophene rings is 1. The van der Waals surface area contributed by atoms with Crippen LogP contribution in [0.5, 0.6) is 0 Å². The van der Waals surface area contributed by atoms with E-state index in [0.29, 0.717) is 22.7 Å². The number of aromatic amines is 1. The molecule has 0 bridgehead atoms. The molecule has 5 nitrogen and oxygen atoms in total. The highest BCUT2D eigenvalue weighted by Gasteiger charge is 2.13. The molecule has 26 heavy (non-hydrogen) atoms. The Hall–Kier alpha value is -2.12. The van der Waals surface area contributed by atoms with Crippen LogP contribution in [0.2, 0.25) is 0 Å². The van der Waals surface area contributed by atoms with E-state index in [-0.39, 0.29) is 17.5 Å². The molecule has 1 atom stereocenters. The number of hydrogen-bond donors (Lipinski definition) is 2. The molecule has 0 aliphatic heterocycles. The van der Waals surface area contributed by atoms with Crippen molar-refractivity contribution >= 4 is 39.2 Å². The zero-order valence-electron chi connectivity index (χ0n) is 15.0. The Kier molecular flexibility index (Phi) is 5.78. The van der Waals surface area contributed by atoms with Gasteiger partial charge in [-0.2, -0.15) is 0 Å². The molecule has 2 N–H and O–H groups in total. The molecule has 0 saturated carbocycles. The molecule has 0 unspecified atom stereocenters. The van der Waals surface area contributed by atoms with Gasteiger partial charge >= 0.3 is 0 Å². The smallest absolute Gasteiger partial charge is 0.259 e. The van der Waals surface area contributed by atoms with E-state index in [0.717, 1.165) is 20.8 Å². The van der Waals surface area contributed by atoms with Crippen molar-refractivity contribution in [1.82, 2.24) is 15.3 Å². The van der Waals surface area contributed by atoms with Crippen LogP contribution in [0.3, 0.4) is 0 Å². The Morgan fingerprint density at radius 2 is 2.04 bits per heavy atom. The Morgan fingerprint density at radius 1 is 1.31 bits per heavy atom. The molecule has 3 aromatic rings. The summed E-state index contributed by atoms with van der Waals surface area (Å²) in [6.07, 6.45) is 0. The van der Waals surface area contributed by atoms with Gasteiger partial charge in [0.05, 0.1) is 22.9 Å². The molecule has 0 fully saturated rings. The van der Waals surface area contributed by atoms with Crippen molar-refractivity contribution in [3.8, 4) is 0 Å². The van der Waals surface area contributed by atoms with Crippen LogP contribution in [0.1, 0.15) is 34.8 Å². The number of rotatable bonds is 6. The van der Waals surface area contributed by atoms with Gasteiger partial charge in [-0.15, -0.1) is 23.1 Å². The second-order valence-corrected chi connectivity index (χ2v) is 8.36. The lowest BCUT2D eigenvalue weighted by Gasteiger charge is -2.14. The zero-order chi connectivity index (χ0) is 18.7. The SMILES string of the molecule is Cc1sc2nc(CSCC(=O)N[C@H](C)c3ccccc3)[nH]c(=O)c2c1C. The van der Waals surface area contributed by atoms with Crippen molar-refractivity contribution in [2.75, 3.05) is 5.75 Å². The lowest BCUT2D eigenvalue weighted by atomic mass is 10.1. The highest BCUT2D eigenvalue weighted by atomic mass is 32.2. The molecule has 0 aliphatic carbocycles. The number of aromatic nitrogens is 2. The maximum atomic E-state index is 12.3. The monoisotopic (exact) mass is 387 g/mol. The van der Waals surface area contributed by atoms with Crippen molar-refractivity contribution in [1.29, 1.82) is 0 Å². The Balaban J connectivity index is 1.57. The van der Waals surface area contributed by atoms with Gasteiger partial charge in [0, 0.05) is 4.88 Å². The van der Waals surface area contributed by atoms with Crippen LogP contribution in [-0.4, -0.2) is 21.6 Å². The Morgan fingerprint density at radius 3 is 2.77 bits per heavy atom. The van der Waals surface area contributed by atoms with E-state index in [1.807, 2.05) is 51.1 Å². The van der Waals surface area contributed by atoms with Crippen LogP contribution in [0.15, 0.2) is 35.1 Å². The van der Waals surface area contributed by atoms with Crippen LogP contribution in [0, 0.1) is 13.8 Å². The van der Waals surface area contributed by atoms with Crippen LogP contribution in [-0.2, 0) is 10.5 Å². The van der Waals surface area contributed by atoms with E-state index in [4.69, 9.17) is 0 Å². The number of hydrogen-bond acceptors (Lipinski definition) is 5. The van der Waals surface area contributed by atoms with Crippen molar-refractivity contribution in [3.63, 3.8) is 0 Å². The fourth-order valence-corrected chi connectivity index (χ4v) is 4.47. The summed E-state index contributed by atoms with van der Waals surface area (Å²) in [5, 5.41) is 3.66. The van der Waals surface area contributed by atoms with Gasteiger partial charge in [0.15, 0.2) is 0 Å². The number of thioether (sulfide) groups is 1. The third-order valence-electron chi connectivity index (χ3n) is 4.24. The second-order valence-electron chi connectivity index (χ2n) is 6.17. The van der Waals surface area contributed by atoms with E-state index in [9.17, 15) is 9.59 Å². The summed E-state index contributed by atoms with van der Waals surface area (Å²) >= 11 is 2.97. The van der Waals surface area contributed by atoms with Gasteiger partial charge in [-0.05, 0) is 31.9 Å². The molecule has 2 heterocycles. The van der Waals surface area contributed by atoms with Gasteiger partial charge in [-0.1, -0.05) is 30.3 Å². The fourth-order valence-electron chi connectivity index (χ4n) is 2.72. The van der Waals surface area contributed by atoms with Crippen molar-refractivity contribution < 1.29 is 4.79 Å². The number of aryl methyl sites for hydroxylation is 2. The van der Waals surface area contributed by atoms with Gasteiger partial charge in [-0.25, -0.2) is 4.98 Å². The third kappa shape index (κ3) is 4.16. The highest BCUT2D eigenvalue weighted by Crippen LogP contribution is 2.26. The molecule has 0 aliphatic rings. The quantitative estimate of drug-likeness (QED) is 0.676. The number of fused-ring (bicyclic) bond motifs is 1. The predicted octanol–water partition coefficient (Wildman–Crippen LogP) is 3.71. The number of benzene rings is 1. The normalized spacial score (nSPS) is 12.3. The Bertz CT molecular complexity index is 980. The van der Waals surface area contributed by atoms with Gasteiger partial charge in [0.2, 0.25) is 5.91 Å². The van der Waals surface area contributed by atoms with E-state index in [1.165, 1.54) is 23.1 Å². The standard InChI is InChI=1S/C19H21N3O2S2/c1-11-13(3)26-19-17(11)18(24)21-15(22-19)9-25-10-16(23)20-12(2)14-7-5-4-6-8-14/h4-8,12H,9-10H2,1-3H3,(H,20,23)(H,21,22,24)/t12-/m1/s1. The lowest BCUT2D eigenvalue weighted by Crippen LogP contribution is -2.28. The van der Waals surface area contributed by atoms with Gasteiger partial charge in [0.1, 0.15) is 10.7 Å². The summed E-state index contributed by atoms with van der Waals surface area (Å²) in [6, 6.07) is 9.82. The van der Waals surface area contributed by atoms with Gasteiger partial charge in [-0.3, -0.25) is 9.59 Å². The minimum atomic E-state index is -0.102. The van der Waals surface area contributed by atoms with Gasteiger partial charge < -0.3 is 10.3 Å². The summed E-state index contributed by atoms with van der Waals surface area (Å²) in [5.41, 5.74) is 1.97. The first-order chi connectivity index (χ1) is 12.5. The van der Waals surface area contributed by atoms with Crippen LogP contribution in [0.25, 0.3) is 10.2 Å². The summed E-state index contributed by atoms with van der Waals surface area (Å²) in [7, 11) is 0. The molecule has 0 saturated heterocycles. The van der Waals surface area contributed by atoms with Crippen LogP contribution < -0.4 is 10.9 Å². The van der Waals surface area contributed by atoms with Crippen molar-refractivity contribution in [2.24, 2.45) is 0 Å². The van der Waals surface area contributed by atoms with E-state index in [1.54, 1.807) is 0 Å². The number of H-pyrrole nitrogens is 1. The van der Waals surface area contributed by atoms with Crippen molar-refractivity contribution in [3.05, 3.63) is 62.5 Å². The molecule has 7 heteroatoms. The maximum Gasteiger partial charge on any atom is 0.259 e. The average molecular weight is 388 g/mol. The Labute approximate surface area is 160 Å². The fraction of sp³-hybridized carbons (Fsp3) is 0.316. The number of nitrogens with one attached hydrogen (secondary N) is 2. The number of carbonyl (C=O) groups is 1. The summed E-state index contributed by atoms with van der Waals surface area (Å²) in [5.74, 6) is 1.39. The van der Waals surface area contributed by atoms with E-state index >= 15 is 0 Å². The number of nitrogens with zero attached hydrogens (tertiary/aromatic N) is 1. The largest absolute Gasteiger partial charge is 0.349 e. The lowest BCUT2D eigenvalue weighted by molar-refractivity contribution is -0.119. The minimum Gasteiger partial charge on any atom is -0.349 e. The topological polar surface area (TPSA) is 74.8 Å². The van der Waals surface area contributed by atoms with Crippen molar-refractivity contribution in [2.45, 2.75) is 32.6 Å². The second kappa shape index (κ2) is 8.05. The highest BCUT2D eigenvalue weighted by molar-refractivity contribution is 7.99. The first-order valence-electron chi connectivity index (χ1n) is 8.36. The molecular weight excluding hydrogens is 366 g/mol. The van der Waals surface area contributed by atoms with Crippen LogP contribution >= 0.6 is 23.1 Å². The first-order valence-corrected chi connectivity index (χ1v) is 10.3. The summed E-state index contributed by atoms with van der Waals surface area (Å²) in [4.78, 5) is 33.6. The molecule has 1 amide bonds. The van der Waals surface area contributed by atoms with Gasteiger partial charge in [0.25, 0.3) is 5.56 Å². The number of carbonyl (C=O) groups excluding carboxylic acids is 1. The average Bonchev–Trinajstić information content (AvgIpc) is 2.90. The number of amides is 1. The summed E-state index contributed by atoms with van der Waals surface area (Å²) < 4.78 is 0. The van der Waals surface area contributed by atoms with Crippen LogP contribution in [0.4, 0.5) is 0 Å². The molecule has 0 radical (unpaired) electrons. The molecule has 0 spiro atoms. The minimum absolute atomic E-state index is 0.0300. The third-order valence-corrected chi connectivity index (χ3v) is 6.28. The summed E-state index contributed by atoms with van der Waals surface area (Å²) in [6.45, 7) is 5.90. The van der Waals surface area contributed by atoms with E-state index in [2.05, 4.69) is 15.3 Å². The van der Waals surface area contributed by atoms with E-state index < -0.39 is 0 Å². The predicted molar refractivity (Wildman–Crippen MR) is 109 cm³/mol. The maximum absolute atomic E-state index is 12.3.